The highest BCUT2D eigenvalue weighted by molar-refractivity contribution is 5.49. The molecule has 3 atom stereocenters. The molecule has 2 aliphatic heterocycles. The van der Waals surface area contributed by atoms with Gasteiger partial charge in [0.15, 0.2) is 11.5 Å². The highest BCUT2D eigenvalue weighted by Gasteiger charge is 2.39. The molecule has 0 bridgehead atoms. The summed E-state index contributed by atoms with van der Waals surface area (Å²) < 4.78 is 11.4. The summed E-state index contributed by atoms with van der Waals surface area (Å²) in [6.07, 6.45) is 2.49. The maximum atomic E-state index is 10.8. The number of hydrogen-bond donors (Lipinski definition) is 2. The zero-order valence-corrected chi connectivity index (χ0v) is 18.3. The molecule has 1 aromatic carbocycles. The number of hydrogen-bond acceptors (Lipinski definition) is 5. The second-order valence-electron chi connectivity index (χ2n) is 10.4. The first-order chi connectivity index (χ1) is 13.0. The molecule has 1 aromatic rings. The summed E-state index contributed by atoms with van der Waals surface area (Å²) in [5.41, 5.74) is 1.83. The molecule has 5 nitrogen and oxygen atoms in total. The lowest BCUT2D eigenvalue weighted by Gasteiger charge is -2.47. The minimum absolute atomic E-state index is 0.213. The Labute approximate surface area is 169 Å². The van der Waals surface area contributed by atoms with E-state index < -0.39 is 5.60 Å². The summed E-state index contributed by atoms with van der Waals surface area (Å²) >= 11 is 0. The van der Waals surface area contributed by atoms with E-state index in [9.17, 15) is 10.2 Å². The summed E-state index contributed by atoms with van der Waals surface area (Å²) in [7, 11) is 1.65. The number of aliphatic hydroxyl groups excluding tert-OH is 1. The van der Waals surface area contributed by atoms with Crippen molar-refractivity contribution in [3.05, 3.63) is 23.3 Å². The Morgan fingerprint density at radius 1 is 1.14 bits per heavy atom. The molecule has 5 heteroatoms. The quantitative estimate of drug-likeness (QED) is 0.804. The summed E-state index contributed by atoms with van der Waals surface area (Å²) in [6, 6.07) is 4.36. The van der Waals surface area contributed by atoms with Crippen LogP contribution in [0.25, 0.3) is 0 Å². The van der Waals surface area contributed by atoms with Gasteiger partial charge in [-0.05, 0) is 67.7 Å². The lowest BCUT2D eigenvalue weighted by molar-refractivity contribution is -0.0259. The summed E-state index contributed by atoms with van der Waals surface area (Å²) in [6.45, 7) is 12.4. The van der Waals surface area contributed by atoms with E-state index in [1.807, 2.05) is 0 Å². The van der Waals surface area contributed by atoms with E-state index in [1.165, 1.54) is 11.1 Å². The predicted octanol–water partition coefficient (Wildman–Crippen LogP) is 3.56. The lowest BCUT2D eigenvalue weighted by atomic mass is 9.75. The van der Waals surface area contributed by atoms with Crippen LogP contribution in [0, 0.1) is 11.3 Å². The van der Waals surface area contributed by atoms with Gasteiger partial charge in [0.25, 0.3) is 0 Å². The molecule has 1 saturated heterocycles. The number of aliphatic hydroxyl groups is 2. The number of fused-ring (bicyclic) bond motifs is 3. The minimum Gasteiger partial charge on any atom is -0.493 e. The first-order valence-corrected chi connectivity index (χ1v) is 10.4. The van der Waals surface area contributed by atoms with E-state index in [0.29, 0.717) is 17.4 Å². The topological polar surface area (TPSA) is 62.2 Å². The molecule has 0 saturated carbocycles. The molecule has 0 unspecified atom stereocenters. The van der Waals surface area contributed by atoms with Crippen molar-refractivity contribution in [1.29, 1.82) is 0 Å². The molecule has 2 heterocycles. The standard InChI is InChI=1S/C23H37NO4/c1-22(2,3)12-16-13-24-8-7-15-9-21(28-14-23(4,5)26)20(27-6)10-17(15)18(24)11-19(16)25/h9-10,16,18-19,25-26H,7-8,11-14H2,1-6H3/t16-,18-,19-/m1/s1. The van der Waals surface area contributed by atoms with Crippen LogP contribution in [0.3, 0.4) is 0 Å². The van der Waals surface area contributed by atoms with E-state index in [0.717, 1.165) is 32.4 Å². The molecular weight excluding hydrogens is 354 g/mol. The fraction of sp³-hybridized carbons (Fsp3) is 0.739. The van der Waals surface area contributed by atoms with Crippen molar-refractivity contribution in [2.75, 3.05) is 26.8 Å². The van der Waals surface area contributed by atoms with Crippen molar-refractivity contribution in [2.24, 2.45) is 11.3 Å². The molecule has 2 aliphatic rings. The average molecular weight is 392 g/mol. The smallest absolute Gasteiger partial charge is 0.161 e. The van der Waals surface area contributed by atoms with Crippen LogP contribution < -0.4 is 9.47 Å². The number of methoxy groups -OCH3 is 1. The molecule has 0 radical (unpaired) electrons. The van der Waals surface area contributed by atoms with Gasteiger partial charge in [0.2, 0.25) is 0 Å². The Morgan fingerprint density at radius 3 is 2.46 bits per heavy atom. The van der Waals surface area contributed by atoms with Gasteiger partial charge < -0.3 is 19.7 Å². The maximum Gasteiger partial charge on any atom is 0.161 e. The normalized spacial score (nSPS) is 25.8. The molecule has 2 N–H and O–H groups in total. The molecule has 28 heavy (non-hydrogen) atoms. The largest absolute Gasteiger partial charge is 0.493 e. The van der Waals surface area contributed by atoms with Crippen LogP contribution >= 0.6 is 0 Å². The van der Waals surface area contributed by atoms with Gasteiger partial charge in [-0.2, -0.15) is 0 Å². The van der Waals surface area contributed by atoms with Gasteiger partial charge in [-0.15, -0.1) is 0 Å². The number of benzene rings is 1. The maximum absolute atomic E-state index is 10.8. The Morgan fingerprint density at radius 2 is 1.86 bits per heavy atom. The second-order valence-corrected chi connectivity index (χ2v) is 10.4. The fourth-order valence-electron chi connectivity index (χ4n) is 4.61. The lowest BCUT2D eigenvalue weighted by Crippen LogP contribution is -2.48. The molecule has 158 valence electrons. The minimum atomic E-state index is -0.896. The SMILES string of the molecule is COc1cc2c(cc1OCC(C)(C)O)CCN1C[C@@H](CC(C)(C)C)[C@H](O)C[C@H]21. The van der Waals surface area contributed by atoms with Crippen LogP contribution in [0.2, 0.25) is 0 Å². The Bertz CT molecular complexity index is 689. The summed E-state index contributed by atoms with van der Waals surface area (Å²) in [5.74, 6) is 1.70. The van der Waals surface area contributed by atoms with Gasteiger partial charge in [-0.1, -0.05) is 20.8 Å². The van der Waals surface area contributed by atoms with Gasteiger partial charge in [-0.3, -0.25) is 4.90 Å². The fourth-order valence-corrected chi connectivity index (χ4v) is 4.61. The van der Waals surface area contributed by atoms with Gasteiger partial charge in [0, 0.05) is 19.1 Å². The van der Waals surface area contributed by atoms with Crippen LogP contribution in [-0.4, -0.2) is 53.6 Å². The summed E-state index contributed by atoms with van der Waals surface area (Å²) in [5, 5.41) is 20.8. The predicted molar refractivity (Wildman–Crippen MR) is 111 cm³/mol. The van der Waals surface area contributed by atoms with Crippen LogP contribution in [0.5, 0.6) is 11.5 Å². The first-order valence-electron chi connectivity index (χ1n) is 10.4. The molecule has 0 amide bonds. The summed E-state index contributed by atoms with van der Waals surface area (Å²) in [4.78, 5) is 2.53. The van der Waals surface area contributed by atoms with Crippen molar-refractivity contribution in [3.8, 4) is 11.5 Å². The van der Waals surface area contributed by atoms with Gasteiger partial charge in [0.05, 0.1) is 18.8 Å². The molecule has 0 aliphatic carbocycles. The Hall–Kier alpha value is -1.30. The Kier molecular flexibility index (Phi) is 6.00. The number of nitrogens with zero attached hydrogens (tertiary/aromatic N) is 1. The van der Waals surface area contributed by atoms with Gasteiger partial charge in [0.1, 0.15) is 6.61 Å². The molecule has 0 spiro atoms. The van der Waals surface area contributed by atoms with E-state index in [2.05, 4.69) is 37.8 Å². The van der Waals surface area contributed by atoms with Gasteiger partial charge >= 0.3 is 0 Å². The molecule has 0 aromatic heterocycles. The van der Waals surface area contributed by atoms with Crippen LogP contribution in [-0.2, 0) is 6.42 Å². The first kappa shape index (κ1) is 21.4. The second kappa shape index (κ2) is 7.85. The van der Waals surface area contributed by atoms with Crippen LogP contribution in [0.1, 0.15) is 64.6 Å². The number of piperidine rings is 1. The van der Waals surface area contributed by atoms with Crippen molar-refractivity contribution >= 4 is 0 Å². The van der Waals surface area contributed by atoms with E-state index in [4.69, 9.17) is 9.47 Å². The van der Waals surface area contributed by atoms with Crippen molar-refractivity contribution in [3.63, 3.8) is 0 Å². The van der Waals surface area contributed by atoms with E-state index in [-0.39, 0.29) is 24.2 Å². The third kappa shape index (κ3) is 5.00. The molecular formula is C23H37NO4. The van der Waals surface area contributed by atoms with Gasteiger partial charge in [-0.25, -0.2) is 0 Å². The van der Waals surface area contributed by atoms with Crippen molar-refractivity contribution < 1.29 is 19.7 Å². The van der Waals surface area contributed by atoms with Crippen LogP contribution in [0.4, 0.5) is 0 Å². The number of ether oxygens (including phenoxy) is 2. The monoisotopic (exact) mass is 391 g/mol. The third-order valence-corrected chi connectivity index (χ3v) is 5.83. The van der Waals surface area contributed by atoms with E-state index >= 15 is 0 Å². The van der Waals surface area contributed by atoms with E-state index in [1.54, 1.807) is 21.0 Å². The highest BCUT2D eigenvalue weighted by Crippen LogP contribution is 2.44. The number of rotatable bonds is 5. The average Bonchev–Trinajstić information content (AvgIpc) is 2.58. The zero-order chi connectivity index (χ0) is 20.7. The van der Waals surface area contributed by atoms with Crippen molar-refractivity contribution in [1.82, 2.24) is 4.90 Å². The molecule has 3 rings (SSSR count). The Balaban J connectivity index is 1.82. The highest BCUT2D eigenvalue weighted by atomic mass is 16.5. The molecule has 1 fully saturated rings. The third-order valence-electron chi connectivity index (χ3n) is 5.83. The van der Waals surface area contributed by atoms with Crippen molar-refractivity contribution in [2.45, 2.75) is 71.6 Å². The zero-order valence-electron chi connectivity index (χ0n) is 18.3. The van der Waals surface area contributed by atoms with Crippen LogP contribution in [0.15, 0.2) is 12.1 Å².